The summed E-state index contributed by atoms with van der Waals surface area (Å²) in [7, 11) is 1.62. The minimum Gasteiger partial charge on any atom is -0.493 e. The second-order valence-corrected chi connectivity index (χ2v) is 6.84. The standard InChI is InChI=1S/C18H25N3O2.CH3NO2/c1-13(2)10-18(3,19)12-23-17-11-21-15(9-16(17)22-4)14-5-7-20-8-6-14;2-1(3)4/h5-9,11,13H,10,12,19H2,1-4H3;2H2,(H,3,4). The third kappa shape index (κ3) is 8.37. The monoisotopic (exact) mass is 376 g/mol. The molecule has 0 aliphatic rings. The lowest BCUT2D eigenvalue weighted by atomic mass is 9.93. The smallest absolute Gasteiger partial charge is 0.402 e. The summed E-state index contributed by atoms with van der Waals surface area (Å²) < 4.78 is 11.3. The number of hydrogen-bond donors (Lipinski definition) is 3. The third-order valence-corrected chi connectivity index (χ3v) is 3.46. The first kappa shape index (κ1) is 22.2. The van der Waals surface area contributed by atoms with Gasteiger partial charge in [0.1, 0.15) is 6.61 Å². The number of amides is 1. The molecule has 1 atom stereocenters. The fourth-order valence-electron chi connectivity index (χ4n) is 2.61. The normalized spacial score (nSPS) is 12.5. The molecule has 0 aliphatic heterocycles. The molecule has 8 heteroatoms. The molecule has 0 aromatic carbocycles. The number of nitrogens with zero attached hydrogens (tertiary/aromatic N) is 2. The molecular formula is C19H28N4O4. The lowest BCUT2D eigenvalue weighted by Crippen LogP contribution is -2.43. The van der Waals surface area contributed by atoms with Gasteiger partial charge in [0.15, 0.2) is 11.5 Å². The van der Waals surface area contributed by atoms with Gasteiger partial charge in [-0.05, 0) is 31.4 Å². The average Bonchev–Trinajstić information content (AvgIpc) is 2.59. The molecule has 0 spiro atoms. The van der Waals surface area contributed by atoms with E-state index in [1.807, 2.05) is 25.1 Å². The minimum atomic E-state index is -1.33. The highest BCUT2D eigenvalue weighted by atomic mass is 16.5. The van der Waals surface area contributed by atoms with Gasteiger partial charge >= 0.3 is 6.09 Å². The van der Waals surface area contributed by atoms with E-state index in [-0.39, 0.29) is 5.54 Å². The Balaban J connectivity index is 0.000000828. The van der Waals surface area contributed by atoms with Crippen LogP contribution in [-0.2, 0) is 0 Å². The maximum atomic E-state index is 8.78. The number of nitrogens with two attached hydrogens (primary N) is 2. The molecule has 2 aromatic rings. The Kier molecular flexibility index (Phi) is 8.47. The maximum absolute atomic E-state index is 8.78. The molecule has 0 radical (unpaired) electrons. The van der Waals surface area contributed by atoms with Gasteiger partial charge in [-0.15, -0.1) is 0 Å². The topological polar surface area (TPSA) is 134 Å². The van der Waals surface area contributed by atoms with Gasteiger partial charge in [0.2, 0.25) is 0 Å². The van der Waals surface area contributed by atoms with E-state index in [0.29, 0.717) is 24.0 Å². The van der Waals surface area contributed by atoms with Crippen molar-refractivity contribution < 1.29 is 19.4 Å². The van der Waals surface area contributed by atoms with Crippen LogP contribution in [0.3, 0.4) is 0 Å². The summed E-state index contributed by atoms with van der Waals surface area (Å²) in [5.74, 6) is 1.76. The summed E-state index contributed by atoms with van der Waals surface area (Å²) in [6, 6.07) is 5.67. The predicted molar refractivity (Wildman–Crippen MR) is 104 cm³/mol. The van der Waals surface area contributed by atoms with Crippen LogP contribution in [0.4, 0.5) is 4.79 Å². The van der Waals surface area contributed by atoms with Gasteiger partial charge in [0.25, 0.3) is 0 Å². The minimum absolute atomic E-state index is 0.386. The Morgan fingerprint density at radius 1 is 1.30 bits per heavy atom. The van der Waals surface area contributed by atoms with E-state index < -0.39 is 6.09 Å². The Labute approximate surface area is 159 Å². The first-order chi connectivity index (χ1) is 12.6. The molecule has 2 heterocycles. The number of aromatic nitrogens is 2. The van der Waals surface area contributed by atoms with Gasteiger partial charge < -0.3 is 26.0 Å². The number of hydrogen-bond acceptors (Lipinski definition) is 6. The zero-order valence-corrected chi connectivity index (χ0v) is 16.2. The van der Waals surface area contributed by atoms with Crippen LogP contribution in [0.5, 0.6) is 11.5 Å². The van der Waals surface area contributed by atoms with E-state index in [0.717, 1.165) is 17.7 Å². The summed E-state index contributed by atoms with van der Waals surface area (Å²) >= 11 is 0. The van der Waals surface area contributed by atoms with Crippen molar-refractivity contribution >= 4 is 6.09 Å². The van der Waals surface area contributed by atoms with Gasteiger partial charge in [0, 0.05) is 29.6 Å². The number of methoxy groups -OCH3 is 1. The summed E-state index contributed by atoms with van der Waals surface area (Å²) in [4.78, 5) is 17.2. The van der Waals surface area contributed by atoms with Crippen molar-refractivity contribution in [3.63, 3.8) is 0 Å². The van der Waals surface area contributed by atoms with Crippen molar-refractivity contribution in [2.75, 3.05) is 13.7 Å². The fourth-order valence-corrected chi connectivity index (χ4v) is 2.61. The zero-order valence-electron chi connectivity index (χ0n) is 16.2. The van der Waals surface area contributed by atoms with E-state index in [9.17, 15) is 0 Å². The molecule has 0 saturated carbocycles. The number of pyridine rings is 2. The quantitative estimate of drug-likeness (QED) is 0.676. The predicted octanol–water partition coefficient (Wildman–Crippen LogP) is 2.92. The molecule has 0 fully saturated rings. The highest BCUT2D eigenvalue weighted by molar-refractivity contribution is 5.62. The number of carboxylic acid groups (broad SMARTS) is 1. The van der Waals surface area contributed by atoms with Gasteiger partial charge in [-0.25, -0.2) is 4.79 Å². The molecule has 148 valence electrons. The number of carbonyl (C=O) groups is 1. The van der Waals surface area contributed by atoms with Crippen LogP contribution in [0, 0.1) is 5.92 Å². The molecule has 2 aromatic heterocycles. The van der Waals surface area contributed by atoms with Crippen LogP contribution in [0.2, 0.25) is 0 Å². The number of ether oxygens (including phenoxy) is 2. The Morgan fingerprint density at radius 2 is 1.89 bits per heavy atom. The van der Waals surface area contributed by atoms with Gasteiger partial charge in [-0.2, -0.15) is 0 Å². The molecule has 1 amide bonds. The van der Waals surface area contributed by atoms with Gasteiger partial charge in [0.05, 0.1) is 19.0 Å². The van der Waals surface area contributed by atoms with E-state index in [4.69, 9.17) is 25.1 Å². The summed E-state index contributed by atoms with van der Waals surface area (Å²) in [5, 5.41) is 7.19. The SMILES string of the molecule is COc1cc(-c2ccncc2)ncc1OCC(C)(N)CC(C)C.NC(=O)O. The van der Waals surface area contributed by atoms with Crippen LogP contribution in [0.1, 0.15) is 27.2 Å². The zero-order chi connectivity index (χ0) is 20.4. The van der Waals surface area contributed by atoms with Crippen LogP contribution in [0.25, 0.3) is 11.3 Å². The lowest BCUT2D eigenvalue weighted by molar-refractivity contribution is 0.200. The second-order valence-electron chi connectivity index (χ2n) is 6.84. The molecule has 5 N–H and O–H groups in total. The lowest BCUT2D eigenvalue weighted by Gasteiger charge is -2.27. The van der Waals surface area contributed by atoms with Crippen LogP contribution >= 0.6 is 0 Å². The number of rotatable bonds is 7. The average molecular weight is 376 g/mol. The van der Waals surface area contributed by atoms with Crippen molar-refractivity contribution in [1.82, 2.24) is 9.97 Å². The first-order valence-electron chi connectivity index (χ1n) is 8.49. The maximum Gasteiger partial charge on any atom is 0.402 e. The van der Waals surface area contributed by atoms with Crippen LogP contribution in [0.15, 0.2) is 36.8 Å². The Morgan fingerprint density at radius 3 is 2.41 bits per heavy atom. The van der Waals surface area contributed by atoms with E-state index in [2.05, 4.69) is 29.5 Å². The summed E-state index contributed by atoms with van der Waals surface area (Å²) in [6.45, 7) is 6.71. The summed E-state index contributed by atoms with van der Waals surface area (Å²) in [6.07, 6.45) is 4.71. The molecule has 2 rings (SSSR count). The van der Waals surface area contributed by atoms with Crippen molar-refractivity contribution in [2.24, 2.45) is 17.4 Å². The second kappa shape index (κ2) is 10.3. The molecule has 0 saturated heterocycles. The van der Waals surface area contributed by atoms with Crippen molar-refractivity contribution in [1.29, 1.82) is 0 Å². The largest absolute Gasteiger partial charge is 0.493 e. The molecule has 0 bridgehead atoms. The first-order valence-corrected chi connectivity index (χ1v) is 8.49. The molecule has 0 aliphatic carbocycles. The number of primary amides is 1. The Hall–Kier alpha value is -2.87. The van der Waals surface area contributed by atoms with Crippen molar-refractivity contribution in [2.45, 2.75) is 32.7 Å². The van der Waals surface area contributed by atoms with Crippen molar-refractivity contribution in [3.05, 3.63) is 36.8 Å². The van der Waals surface area contributed by atoms with Gasteiger partial charge in [-0.3, -0.25) is 9.97 Å². The van der Waals surface area contributed by atoms with Crippen LogP contribution < -0.4 is 20.9 Å². The Bertz CT molecular complexity index is 717. The molecule has 1 unspecified atom stereocenters. The van der Waals surface area contributed by atoms with Gasteiger partial charge in [-0.1, -0.05) is 13.8 Å². The van der Waals surface area contributed by atoms with Crippen LogP contribution in [-0.4, -0.2) is 40.4 Å². The van der Waals surface area contributed by atoms with E-state index in [1.165, 1.54) is 0 Å². The highest BCUT2D eigenvalue weighted by Gasteiger charge is 2.22. The summed E-state index contributed by atoms with van der Waals surface area (Å²) in [5.41, 5.74) is 11.7. The van der Waals surface area contributed by atoms with E-state index >= 15 is 0 Å². The van der Waals surface area contributed by atoms with E-state index in [1.54, 1.807) is 25.7 Å². The third-order valence-electron chi connectivity index (χ3n) is 3.46. The molecular weight excluding hydrogens is 348 g/mol. The van der Waals surface area contributed by atoms with Crippen molar-refractivity contribution in [3.8, 4) is 22.8 Å². The highest BCUT2D eigenvalue weighted by Crippen LogP contribution is 2.31. The molecule has 8 nitrogen and oxygen atoms in total. The fraction of sp³-hybridized carbons (Fsp3) is 0.421. The molecule has 27 heavy (non-hydrogen) atoms.